The first-order valence-electron chi connectivity index (χ1n) is 10.9. The van der Waals surface area contributed by atoms with Crippen molar-refractivity contribution in [2.45, 2.75) is 45.6 Å². The van der Waals surface area contributed by atoms with Crippen LogP contribution in [-0.2, 0) is 4.79 Å². The van der Waals surface area contributed by atoms with E-state index >= 15 is 0 Å². The van der Waals surface area contributed by atoms with E-state index in [1.807, 2.05) is 4.90 Å². The molecular weight excluding hydrogens is 384 g/mol. The third-order valence-corrected chi connectivity index (χ3v) is 7.29. The number of rotatable bonds is 5. The molecule has 4 rings (SSSR count). The third-order valence-electron chi connectivity index (χ3n) is 7.29. The third kappa shape index (κ3) is 4.00. The van der Waals surface area contributed by atoms with Crippen molar-refractivity contribution < 1.29 is 14.5 Å². The second-order valence-electron chi connectivity index (χ2n) is 9.05. The molecule has 2 bridgehead atoms. The van der Waals surface area contributed by atoms with E-state index < -0.39 is 4.92 Å². The summed E-state index contributed by atoms with van der Waals surface area (Å²) in [5, 5.41) is 14.8. The number of benzene rings is 1. The first kappa shape index (κ1) is 20.6. The number of piperazine rings is 1. The standard InChI is InChI=1S/C22H30N4O4/c1-14(19-12-16-3-4-17(19)11-16)23-22(28)18-5-6-20(21(13-18)26(29)30)25-9-7-24(8-10-25)15(2)27/h5-6,13-14,16-17,19H,3-4,7-12H2,1-2H3,(H,23,28). The van der Waals surface area contributed by atoms with Crippen molar-refractivity contribution in [3.8, 4) is 0 Å². The van der Waals surface area contributed by atoms with Crippen LogP contribution in [0.15, 0.2) is 18.2 Å². The maximum absolute atomic E-state index is 12.8. The fourth-order valence-electron chi connectivity index (χ4n) is 5.64. The molecule has 1 heterocycles. The Morgan fingerprint density at radius 2 is 1.90 bits per heavy atom. The normalized spacial score (nSPS) is 26.5. The summed E-state index contributed by atoms with van der Waals surface area (Å²) in [5.74, 6) is 1.79. The van der Waals surface area contributed by atoms with Gasteiger partial charge in [0.05, 0.1) is 4.92 Å². The van der Waals surface area contributed by atoms with Crippen molar-refractivity contribution in [3.63, 3.8) is 0 Å². The molecule has 3 fully saturated rings. The summed E-state index contributed by atoms with van der Waals surface area (Å²) in [6.45, 7) is 5.73. The molecule has 2 aliphatic carbocycles. The first-order valence-corrected chi connectivity index (χ1v) is 10.9. The van der Waals surface area contributed by atoms with Crippen molar-refractivity contribution >= 4 is 23.2 Å². The molecule has 1 N–H and O–H groups in total. The maximum Gasteiger partial charge on any atom is 0.293 e. The largest absolute Gasteiger partial charge is 0.362 e. The SMILES string of the molecule is CC(=O)N1CCN(c2ccc(C(=O)NC(C)C3CC4CCC3C4)cc2[N+](=O)[O-])CC1. The lowest BCUT2D eigenvalue weighted by Gasteiger charge is -2.35. The highest BCUT2D eigenvalue weighted by atomic mass is 16.6. The molecule has 4 unspecified atom stereocenters. The molecule has 1 aliphatic heterocycles. The molecule has 4 atom stereocenters. The summed E-state index contributed by atoms with van der Waals surface area (Å²) in [6, 6.07) is 4.79. The van der Waals surface area contributed by atoms with E-state index in [0.717, 1.165) is 5.92 Å². The van der Waals surface area contributed by atoms with Crippen LogP contribution < -0.4 is 10.2 Å². The Morgan fingerprint density at radius 3 is 2.47 bits per heavy atom. The Labute approximate surface area is 176 Å². The Morgan fingerprint density at radius 1 is 1.17 bits per heavy atom. The summed E-state index contributed by atoms with van der Waals surface area (Å²) in [6.07, 6.45) is 5.03. The fraction of sp³-hybridized carbons (Fsp3) is 0.636. The van der Waals surface area contributed by atoms with Gasteiger partial charge in [0.2, 0.25) is 5.91 Å². The zero-order chi connectivity index (χ0) is 21.4. The van der Waals surface area contributed by atoms with Gasteiger partial charge in [0, 0.05) is 50.8 Å². The van der Waals surface area contributed by atoms with E-state index in [2.05, 4.69) is 12.2 Å². The molecule has 2 saturated carbocycles. The Hall–Kier alpha value is -2.64. The molecule has 2 amide bonds. The van der Waals surface area contributed by atoms with Gasteiger partial charge in [-0.2, -0.15) is 0 Å². The van der Waals surface area contributed by atoms with Gasteiger partial charge >= 0.3 is 0 Å². The highest BCUT2D eigenvalue weighted by Gasteiger charge is 2.42. The minimum absolute atomic E-state index is 0.0146. The van der Waals surface area contributed by atoms with Gasteiger partial charge in [-0.3, -0.25) is 19.7 Å². The van der Waals surface area contributed by atoms with E-state index in [4.69, 9.17) is 0 Å². The van der Waals surface area contributed by atoms with Crippen molar-refractivity contribution in [1.29, 1.82) is 0 Å². The summed E-state index contributed by atoms with van der Waals surface area (Å²) in [7, 11) is 0. The highest BCUT2D eigenvalue weighted by Crippen LogP contribution is 2.49. The number of hydrogen-bond acceptors (Lipinski definition) is 5. The fourth-order valence-corrected chi connectivity index (χ4v) is 5.64. The van der Waals surface area contributed by atoms with Gasteiger partial charge in [0.15, 0.2) is 0 Å². The minimum Gasteiger partial charge on any atom is -0.362 e. The van der Waals surface area contributed by atoms with Crippen LogP contribution in [0.1, 0.15) is 49.9 Å². The molecule has 162 valence electrons. The molecule has 8 heteroatoms. The molecule has 0 aromatic heterocycles. The van der Waals surface area contributed by atoms with Gasteiger partial charge in [-0.25, -0.2) is 0 Å². The van der Waals surface area contributed by atoms with Gasteiger partial charge < -0.3 is 15.1 Å². The number of nitrogens with one attached hydrogen (secondary N) is 1. The monoisotopic (exact) mass is 414 g/mol. The van der Waals surface area contributed by atoms with Gasteiger partial charge in [-0.15, -0.1) is 0 Å². The molecule has 30 heavy (non-hydrogen) atoms. The molecule has 8 nitrogen and oxygen atoms in total. The van der Waals surface area contributed by atoms with Crippen LogP contribution in [0.25, 0.3) is 0 Å². The summed E-state index contributed by atoms with van der Waals surface area (Å²) in [5.41, 5.74) is 0.759. The first-order chi connectivity index (χ1) is 14.3. The van der Waals surface area contributed by atoms with E-state index in [-0.39, 0.29) is 23.5 Å². The predicted molar refractivity (Wildman–Crippen MR) is 113 cm³/mol. The lowest BCUT2D eigenvalue weighted by molar-refractivity contribution is -0.384. The predicted octanol–water partition coefficient (Wildman–Crippen LogP) is 2.82. The van der Waals surface area contributed by atoms with Gasteiger partial charge in [0.25, 0.3) is 11.6 Å². The zero-order valence-electron chi connectivity index (χ0n) is 17.7. The van der Waals surface area contributed by atoms with E-state index in [1.165, 1.54) is 38.7 Å². The number of amides is 2. The van der Waals surface area contributed by atoms with Gasteiger partial charge in [0.1, 0.15) is 5.69 Å². The second-order valence-corrected chi connectivity index (χ2v) is 9.05. The topological polar surface area (TPSA) is 95.8 Å². The molecule has 1 saturated heterocycles. The van der Waals surface area contributed by atoms with Crippen LogP contribution >= 0.6 is 0 Å². The molecule has 1 aromatic carbocycles. The lowest BCUT2D eigenvalue weighted by Crippen LogP contribution is -2.48. The van der Waals surface area contributed by atoms with Crippen LogP contribution in [0.3, 0.4) is 0 Å². The summed E-state index contributed by atoms with van der Waals surface area (Å²) in [4.78, 5) is 39.3. The molecule has 0 spiro atoms. The highest BCUT2D eigenvalue weighted by molar-refractivity contribution is 5.96. The smallest absolute Gasteiger partial charge is 0.293 e. The molecule has 1 aromatic rings. The van der Waals surface area contributed by atoms with E-state index in [0.29, 0.717) is 49.3 Å². The zero-order valence-corrected chi connectivity index (χ0v) is 17.7. The Kier molecular flexibility index (Phi) is 5.66. The molecule has 3 aliphatic rings. The number of fused-ring (bicyclic) bond motifs is 2. The number of carbonyl (C=O) groups is 2. The van der Waals surface area contributed by atoms with Crippen LogP contribution in [0, 0.1) is 27.9 Å². The van der Waals surface area contributed by atoms with E-state index in [9.17, 15) is 19.7 Å². The number of nitrogens with zero attached hydrogens (tertiary/aromatic N) is 3. The van der Waals surface area contributed by atoms with E-state index in [1.54, 1.807) is 17.0 Å². The summed E-state index contributed by atoms with van der Waals surface area (Å²) >= 11 is 0. The van der Waals surface area contributed by atoms with Crippen LogP contribution in [0.4, 0.5) is 11.4 Å². The van der Waals surface area contributed by atoms with Crippen molar-refractivity contribution in [2.75, 3.05) is 31.1 Å². The van der Waals surface area contributed by atoms with Gasteiger partial charge in [-0.05, 0) is 56.1 Å². The molecule has 0 radical (unpaired) electrons. The van der Waals surface area contributed by atoms with Gasteiger partial charge in [-0.1, -0.05) is 6.42 Å². The lowest BCUT2D eigenvalue weighted by atomic mass is 9.84. The van der Waals surface area contributed by atoms with Crippen LogP contribution in [0.2, 0.25) is 0 Å². The quantitative estimate of drug-likeness (QED) is 0.590. The average molecular weight is 415 g/mol. The number of hydrogen-bond donors (Lipinski definition) is 1. The Balaban J connectivity index is 1.45. The summed E-state index contributed by atoms with van der Waals surface area (Å²) < 4.78 is 0. The maximum atomic E-state index is 12.8. The van der Waals surface area contributed by atoms with Crippen molar-refractivity contribution in [1.82, 2.24) is 10.2 Å². The Bertz CT molecular complexity index is 850. The molecular formula is C22H30N4O4. The number of nitro groups is 1. The van der Waals surface area contributed by atoms with Crippen LogP contribution in [-0.4, -0.2) is 53.9 Å². The number of nitro benzene ring substituents is 1. The number of carbonyl (C=O) groups excluding carboxylic acids is 2. The van der Waals surface area contributed by atoms with Crippen molar-refractivity contribution in [3.05, 3.63) is 33.9 Å². The van der Waals surface area contributed by atoms with Crippen LogP contribution in [0.5, 0.6) is 0 Å². The minimum atomic E-state index is -0.428. The van der Waals surface area contributed by atoms with Crippen molar-refractivity contribution in [2.24, 2.45) is 17.8 Å². The average Bonchev–Trinajstić information content (AvgIpc) is 3.37. The second kappa shape index (κ2) is 8.24. The number of anilines is 1.